The first-order chi connectivity index (χ1) is 22.8. The predicted octanol–water partition coefficient (Wildman–Crippen LogP) is 2.47. The van der Waals surface area contributed by atoms with E-state index in [0.717, 1.165) is 49.9 Å². The highest BCUT2D eigenvalue weighted by atomic mass is 16.7. The minimum Gasteiger partial charge on any atom is -0.480 e. The van der Waals surface area contributed by atoms with Crippen molar-refractivity contribution in [3.05, 3.63) is 59.7 Å². The van der Waals surface area contributed by atoms with E-state index in [1.165, 1.54) is 6.92 Å². The van der Waals surface area contributed by atoms with Gasteiger partial charge in [-0.25, -0.2) is 9.59 Å². The van der Waals surface area contributed by atoms with Crippen molar-refractivity contribution in [2.24, 2.45) is 0 Å². The van der Waals surface area contributed by atoms with Crippen molar-refractivity contribution in [3.8, 4) is 11.1 Å². The summed E-state index contributed by atoms with van der Waals surface area (Å²) in [4.78, 5) is 73.0. The molecule has 2 N–H and O–H groups in total. The van der Waals surface area contributed by atoms with Gasteiger partial charge in [-0.15, -0.1) is 0 Å². The molecule has 0 unspecified atom stereocenters. The molecule has 258 valence electrons. The number of carboxylic acid groups (broad SMARTS) is 1. The first kappa shape index (κ1) is 35.8. The number of amides is 1. The van der Waals surface area contributed by atoms with Gasteiger partial charge in [0.1, 0.15) is 19.3 Å². The van der Waals surface area contributed by atoms with Crippen molar-refractivity contribution in [1.29, 1.82) is 0 Å². The Morgan fingerprint density at radius 1 is 0.729 bits per heavy atom. The normalized spacial score (nSPS) is 22.6. The van der Waals surface area contributed by atoms with E-state index >= 15 is 0 Å². The Labute approximate surface area is 275 Å². The first-order valence-corrected chi connectivity index (χ1v) is 15.1. The average Bonchev–Trinajstić information content (AvgIpc) is 3.33. The lowest BCUT2D eigenvalue weighted by molar-refractivity contribution is -0.316. The summed E-state index contributed by atoms with van der Waals surface area (Å²) in [5, 5.41) is 12.3. The number of alkyl carbamates (subject to hydrolysis) is 1. The molecule has 0 spiro atoms. The topological polar surface area (TPSA) is 199 Å². The van der Waals surface area contributed by atoms with Crippen molar-refractivity contribution in [2.75, 3.05) is 13.2 Å². The third kappa shape index (κ3) is 8.66. The molecule has 7 atom stereocenters. The van der Waals surface area contributed by atoms with Gasteiger partial charge in [0.15, 0.2) is 30.6 Å². The Hall–Kier alpha value is -5.02. The molecule has 2 aromatic carbocycles. The van der Waals surface area contributed by atoms with Crippen LogP contribution in [-0.4, -0.2) is 97.1 Å². The molecule has 2 aliphatic rings. The predicted molar refractivity (Wildman–Crippen MR) is 162 cm³/mol. The number of carbonyl (C=O) groups excluding carboxylic acids is 5. The van der Waals surface area contributed by atoms with Crippen molar-refractivity contribution < 1.29 is 67.0 Å². The molecule has 15 nitrogen and oxygen atoms in total. The van der Waals surface area contributed by atoms with E-state index in [2.05, 4.69) is 5.32 Å². The summed E-state index contributed by atoms with van der Waals surface area (Å²) < 4.78 is 38.3. The smallest absolute Gasteiger partial charge is 0.407 e. The van der Waals surface area contributed by atoms with Gasteiger partial charge >= 0.3 is 35.9 Å². The number of fused-ring (bicyclic) bond motifs is 3. The molecule has 2 aromatic rings. The third-order valence-corrected chi connectivity index (χ3v) is 7.65. The van der Waals surface area contributed by atoms with E-state index in [1.54, 1.807) is 0 Å². The van der Waals surface area contributed by atoms with Gasteiger partial charge in [-0.1, -0.05) is 48.5 Å². The molecule has 1 saturated heterocycles. The number of ether oxygens (including phenoxy) is 7. The van der Waals surface area contributed by atoms with E-state index in [-0.39, 0.29) is 12.5 Å². The van der Waals surface area contributed by atoms with E-state index in [9.17, 15) is 33.9 Å². The molecule has 15 heteroatoms. The van der Waals surface area contributed by atoms with Gasteiger partial charge in [0, 0.05) is 33.6 Å². The summed E-state index contributed by atoms with van der Waals surface area (Å²) in [5.74, 6) is -5.03. The summed E-state index contributed by atoms with van der Waals surface area (Å²) in [6.45, 7) is 5.02. The zero-order valence-corrected chi connectivity index (χ0v) is 26.9. The number of rotatable bonds is 12. The van der Waals surface area contributed by atoms with Crippen LogP contribution >= 0.6 is 0 Å². The summed E-state index contributed by atoms with van der Waals surface area (Å²) >= 11 is 0. The van der Waals surface area contributed by atoms with Crippen LogP contribution in [0.5, 0.6) is 0 Å². The molecule has 1 aliphatic carbocycles. The van der Waals surface area contributed by atoms with Crippen molar-refractivity contribution >= 4 is 35.9 Å². The summed E-state index contributed by atoms with van der Waals surface area (Å²) in [6, 6.07) is 13.7. The largest absolute Gasteiger partial charge is 0.480 e. The Morgan fingerprint density at radius 3 is 1.77 bits per heavy atom. The zero-order chi connectivity index (χ0) is 35.1. The molecular formula is C33H37NO14. The molecule has 1 fully saturated rings. The quantitative estimate of drug-likeness (QED) is 0.246. The molecule has 4 rings (SSSR count). The first-order valence-electron chi connectivity index (χ1n) is 15.1. The second-order valence-electron chi connectivity index (χ2n) is 11.2. The van der Waals surface area contributed by atoms with Gasteiger partial charge in [0.05, 0.1) is 6.10 Å². The fourth-order valence-corrected chi connectivity index (χ4v) is 5.74. The number of hydrogen-bond acceptors (Lipinski definition) is 13. The summed E-state index contributed by atoms with van der Waals surface area (Å²) in [7, 11) is 0. The van der Waals surface area contributed by atoms with Gasteiger partial charge in [-0.3, -0.25) is 19.2 Å². The van der Waals surface area contributed by atoms with E-state index in [1.807, 2.05) is 48.5 Å². The van der Waals surface area contributed by atoms with Crippen LogP contribution in [0.25, 0.3) is 11.1 Å². The lowest BCUT2D eigenvalue weighted by Crippen LogP contribution is -2.64. The van der Waals surface area contributed by atoms with Crippen LogP contribution in [0.2, 0.25) is 0 Å². The summed E-state index contributed by atoms with van der Waals surface area (Å²) in [5.41, 5.74) is 3.94. The molecule has 1 amide bonds. The van der Waals surface area contributed by atoms with Gasteiger partial charge in [0.25, 0.3) is 0 Å². The Balaban J connectivity index is 1.52. The molecular weight excluding hydrogens is 634 g/mol. The highest BCUT2D eigenvalue weighted by molar-refractivity contribution is 5.81. The van der Waals surface area contributed by atoms with Crippen LogP contribution in [0, 0.1) is 0 Å². The third-order valence-electron chi connectivity index (χ3n) is 7.65. The molecule has 0 radical (unpaired) electrons. The number of carboxylic acids is 1. The van der Waals surface area contributed by atoms with Crippen molar-refractivity contribution in [2.45, 2.75) is 83.4 Å². The number of hydrogen-bond donors (Lipinski definition) is 2. The SMILES string of the molecule is CC(=O)OC[C@H]1O[C@@H](O[C@H](C)[C@H](NC(=O)OCC2c3ccccc3-c3ccccc32)C(=O)O)[C@@H](OC(C)=O)[C@@H](OC(C)=O)[C@@H]1OC(C)=O. The number of carbonyl (C=O) groups is 6. The Kier molecular flexibility index (Phi) is 11.7. The van der Waals surface area contributed by atoms with Crippen LogP contribution in [0.15, 0.2) is 48.5 Å². The molecule has 0 aromatic heterocycles. The standard InChI is InChI=1S/C33H37NO14/c1-16(27(31(39)40)34-33(41)43-14-25-23-12-8-6-10-21(23)22-11-7-9-13-24(22)25)44-32-30(47-20(5)38)29(46-19(4)37)28(45-18(3)36)26(48-32)15-42-17(2)35/h6-13,16,25-30,32H,14-15H2,1-5H3,(H,34,41)(H,39,40)/t16-,26-,27+,28-,29+,30+,32-/m1/s1. The maximum Gasteiger partial charge on any atom is 0.407 e. The number of benzene rings is 2. The van der Waals surface area contributed by atoms with E-state index < -0.39 is 85.4 Å². The van der Waals surface area contributed by atoms with Crippen molar-refractivity contribution in [3.63, 3.8) is 0 Å². The van der Waals surface area contributed by atoms with Gasteiger partial charge in [-0.05, 0) is 29.2 Å². The zero-order valence-electron chi connectivity index (χ0n) is 26.9. The highest BCUT2D eigenvalue weighted by Gasteiger charge is 2.53. The van der Waals surface area contributed by atoms with Gasteiger partial charge in [-0.2, -0.15) is 0 Å². The highest BCUT2D eigenvalue weighted by Crippen LogP contribution is 2.44. The maximum atomic E-state index is 13.0. The van der Waals surface area contributed by atoms with Crippen LogP contribution in [0.3, 0.4) is 0 Å². The van der Waals surface area contributed by atoms with Crippen LogP contribution in [0.4, 0.5) is 4.79 Å². The van der Waals surface area contributed by atoms with Crippen LogP contribution in [0.1, 0.15) is 51.7 Å². The number of aliphatic carboxylic acids is 1. The van der Waals surface area contributed by atoms with Gasteiger partial charge in [0.2, 0.25) is 0 Å². The molecule has 0 saturated carbocycles. The molecule has 48 heavy (non-hydrogen) atoms. The van der Waals surface area contributed by atoms with Crippen LogP contribution in [-0.2, 0) is 57.1 Å². The minimum atomic E-state index is -1.72. The number of esters is 4. The van der Waals surface area contributed by atoms with Crippen LogP contribution < -0.4 is 5.32 Å². The maximum absolute atomic E-state index is 13.0. The summed E-state index contributed by atoms with van der Waals surface area (Å²) in [6.07, 6.45) is -9.95. The fourth-order valence-electron chi connectivity index (χ4n) is 5.74. The fraction of sp³-hybridized carbons (Fsp3) is 0.455. The second kappa shape index (κ2) is 15.7. The molecule has 0 bridgehead atoms. The molecule has 1 aliphatic heterocycles. The Bertz CT molecular complexity index is 1500. The second-order valence-corrected chi connectivity index (χ2v) is 11.2. The lowest BCUT2D eigenvalue weighted by Gasteiger charge is -2.44. The Morgan fingerprint density at radius 2 is 1.25 bits per heavy atom. The van der Waals surface area contributed by atoms with E-state index in [0.29, 0.717) is 0 Å². The average molecular weight is 672 g/mol. The van der Waals surface area contributed by atoms with E-state index in [4.69, 9.17) is 33.2 Å². The van der Waals surface area contributed by atoms with Gasteiger partial charge < -0.3 is 43.6 Å². The van der Waals surface area contributed by atoms with Crippen molar-refractivity contribution in [1.82, 2.24) is 5.32 Å². The monoisotopic (exact) mass is 671 g/mol. The lowest BCUT2D eigenvalue weighted by atomic mass is 9.98. The molecule has 1 heterocycles. The number of nitrogens with one attached hydrogen (secondary N) is 1. The minimum absolute atomic E-state index is 0.0822.